The molecule has 1 fully saturated rings. The smallest absolute Gasteiger partial charge is 0.267 e. The number of nitrogens with zero attached hydrogens (tertiary/aromatic N) is 5. The van der Waals surface area contributed by atoms with E-state index >= 15 is 0 Å². The molecule has 2 aromatic rings. The van der Waals surface area contributed by atoms with Crippen LogP contribution in [0.15, 0.2) is 29.3 Å². The third kappa shape index (κ3) is 4.53. The Labute approximate surface area is 159 Å². The number of anilines is 1. The molecular formula is C20H28N6O. The van der Waals surface area contributed by atoms with Gasteiger partial charge in [-0.15, -0.1) is 0 Å². The van der Waals surface area contributed by atoms with E-state index in [9.17, 15) is 4.79 Å². The van der Waals surface area contributed by atoms with Gasteiger partial charge in [0.2, 0.25) is 5.95 Å². The molecule has 7 heteroatoms. The molecule has 144 valence electrons. The summed E-state index contributed by atoms with van der Waals surface area (Å²) >= 11 is 0. The van der Waals surface area contributed by atoms with Crippen molar-refractivity contribution in [2.45, 2.75) is 57.5 Å². The molecule has 1 aliphatic heterocycles. The number of nitrogens with one attached hydrogen (secondary N) is 1. The highest BCUT2D eigenvalue weighted by atomic mass is 16.1. The molecule has 2 aromatic heterocycles. The van der Waals surface area contributed by atoms with Crippen molar-refractivity contribution in [2.24, 2.45) is 0 Å². The van der Waals surface area contributed by atoms with Gasteiger partial charge in [0.05, 0.1) is 12.2 Å². The minimum atomic E-state index is 0.0417. The number of hydrogen-bond acceptors (Lipinski definition) is 6. The summed E-state index contributed by atoms with van der Waals surface area (Å²) in [6, 6.07) is 4.07. The zero-order chi connectivity index (χ0) is 18.5. The summed E-state index contributed by atoms with van der Waals surface area (Å²) in [5.41, 5.74) is 2.32. The van der Waals surface area contributed by atoms with Gasteiger partial charge in [-0.05, 0) is 56.7 Å². The van der Waals surface area contributed by atoms with Crippen LogP contribution in [0, 0.1) is 0 Å². The highest BCUT2D eigenvalue weighted by molar-refractivity contribution is 5.22. The monoisotopic (exact) mass is 368 g/mol. The van der Waals surface area contributed by atoms with Crippen molar-refractivity contribution in [1.82, 2.24) is 24.6 Å². The lowest BCUT2D eigenvalue weighted by Gasteiger charge is -2.35. The minimum absolute atomic E-state index is 0.0417. The van der Waals surface area contributed by atoms with Crippen LogP contribution in [0.1, 0.15) is 43.4 Å². The lowest BCUT2D eigenvalue weighted by molar-refractivity contribution is 0.147. The zero-order valence-electron chi connectivity index (χ0n) is 15.8. The van der Waals surface area contributed by atoms with E-state index in [2.05, 4.69) is 25.3 Å². The molecule has 0 saturated carbocycles. The Morgan fingerprint density at radius 3 is 2.81 bits per heavy atom. The summed E-state index contributed by atoms with van der Waals surface area (Å²) in [5, 5.41) is 8.00. The first kappa shape index (κ1) is 18.1. The summed E-state index contributed by atoms with van der Waals surface area (Å²) in [4.78, 5) is 23.4. The average molecular weight is 368 g/mol. The van der Waals surface area contributed by atoms with E-state index in [1.54, 1.807) is 17.1 Å². The molecule has 1 N–H and O–H groups in total. The number of rotatable bonds is 6. The van der Waals surface area contributed by atoms with Crippen LogP contribution in [0.25, 0.3) is 0 Å². The third-order valence-corrected chi connectivity index (χ3v) is 5.68. The summed E-state index contributed by atoms with van der Waals surface area (Å²) < 4.78 is 1.67. The Hall–Kier alpha value is -2.28. The van der Waals surface area contributed by atoms with Gasteiger partial charge in [-0.25, -0.2) is 14.6 Å². The van der Waals surface area contributed by atoms with E-state index in [1.807, 2.05) is 12.1 Å². The van der Waals surface area contributed by atoms with Gasteiger partial charge in [-0.1, -0.05) is 6.42 Å². The maximum Gasteiger partial charge on any atom is 0.267 e. The molecule has 3 heterocycles. The molecule has 2 aliphatic rings. The largest absolute Gasteiger partial charge is 0.353 e. The summed E-state index contributed by atoms with van der Waals surface area (Å²) in [6.45, 7) is 3.41. The van der Waals surface area contributed by atoms with E-state index in [1.165, 1.54) is 25.7 Å². The standard InChI is InChI=1S/C20H28N6O/c27-19-14-16-6-1-2-8-18(16)24-26(19)13-12-25-11-4-3-7-17(25)15-23-20-21-9-5-10-22-20/h5,9-10,14,17H,1-4,6-8,11-13,15H2,(H,21,22,23). The number of piperidine rings is 1. The normalized spacial score (nSPS) is 20.2. The van der Waals surface area contributed by atoms with Gasteiger partial charge in [0.15, 0.2) is 0 Å². The molecule has 1 atom stereocenters. The van der Waals surface area contributed by atoms with Crippen LogP contribution in [-0.4, -0.2) is 50.3 Å². The maximum atomic E-state index is 12.4. The fraction of sp³-hybridized carbons (Fsp3) is 0.600. The second-order valence-electron chi connectivity index (χ2n) is 7.52. The minimum Gasteiger partial charge on any atom is -0.353 e. The quantitative estimate of drug-likeness (QED) is 0.839. The highest BCUT2D eigenvalue weighted by Gasteiger charge is 2.22. The van der Waals surface area contributed by atoms with Crippen molar-refractivity contribution in [3.63, 3.8) is 0 Å². The van der Waals surface area contributed by atoms with Crippen molar-refractivity contribution in [3.05, 3.63) is 46.1 Å². The second-order valence-corrected chi connectivity index (χ2v) is 7.52. The van der Waals surface area contributed by atoms with Crippen LogP contribution in [-0.2, 0) is 19.4 Å². The topological polar surface area (TPSA) is 75.9 Å². The van der Waals surface area contributed by atoms with E-state index < -0.39 is 0 Å². The molecule has 1 aliphatic carbocycles. The molecule has 0 bridgehead atoms. The molecule has 1 saturated heterocycles. The van der Waals surface area contributed by atoms with E-state index in [4.69, 9.17) is 0 Å². The third-order valence-electron chi connectivity index (χ3n) is 5.68. The maximum absolute atomic E-state index is 12.4. The predicted molar refractivity (Wildman–Crippen MR) is 105 cm³/mol. The van der Waals surface area contributed by atoms with Gasteiger partial charge in [-0.3, -0.25) is 9.69 Å². The van der Waals surface area contributed by atoms with Crippen molar-refractivity contribution < 1.29 is 0 Å². The van der Waals surface area contributed by atoms with Gasteiger partial charge in [0.25, 0.3) is 5.56 Å². The molecule has 0 amide bonds. The highest BCUT2D eigenvalue weighted by Crippen LogP contribution is 2.18. The van der Waals surface area contributed by atoms with Crippen LogP contribution in [0.5, 0.6) is 0 Å². The Kier molecular flexibility index (Phi) is 5.77. The fourth-order valence-electron chi connectivity index (χ4n) is 4.17. The van der Waals surface area contributed by atoms with Crippen molar-refractivity contribution in [2.75, 3.05) is 25.0 Å². The van der Waals surface area contributed by atoms with Gasteiger partial charge >= 0.3 is 0 Å². The zero-order valence-corrected chi connectivity index (χ0v) is 15.8. The van der Waals surface area contributed by atoms with E-state index in [-0.39, 0.29) is 5.56 Å². The van der Waals surface area contributed by atoms with E-state index in [0.717, 1.165) is 50.2 Å². The van der Waals surface area contributed by atoms with Crippen molar-refractivity contribution in [1.29, 1.82) is 0 Å². The molecule has 4 rings (SSSR count). The summed E-state index contributed by atoms with van der Waals surface area (Å²) in [6.07, 6.45) is 11.5. The number of likely N-dealkylation sites (tertiary alicyclic amines) is 1. The lowest BCUT2D eigenvalue weighted by Crippen LogP contribution is -2.46. The van der Waals surface area contributed by atoms with Crippen LogP contribution in [0.4, 0.5) is 5.95 Å². The van der Waals surface area contributed by atoms with Crippen LogP contribution in [0.2, 0.25) is 0 Å². The summed E-state index contributed by atoms with van der Waals surface area (Å²) in [7, 11) is 0. The second kappa shape index (κ2) is 8.61. The summed E-state index contributed by atoms with van der Waals surface area (Å²) in [5.74, 6) is 0.676. The Morgan fingerprint density at radius 2 is 1.93 bits per heavy atom. The first-order valence-electron chi connectivity index (χ1n) is 10.1. The molecule has 7 nitrogen and oxygen atoms in total. The SMILES string of the molecule is O=c1cc2c(nn1CCN1CCCCC1CNc1ncccn1)CCCC2. The Balaban J connectivity index is 1.38. The van der Waals surface area contributed by atoms with Crippen LogP contribution >= 0.6 is 0 Å². The number of fused-ring (bicyclic) bond motifs is 1. The Morgan fingerprint density at radius 1 is 1.07 bits per heavy atom. The molecular weight excluding hydrogens is 340 g/mol. The van der Waals surface area contributed by atoms with Crippen LogP contribution in [0.3, 0.4) is 0 Å². The predicted octanol–water partition coefficient (Wildman–Crippen LogP) is 1.88. The lowest BCUT2D eigenvalue weighted by atomic mass is 9.97. The van der Waals surface area contributed by atoms with Crippen molar-refractivity contribution >= 4 is 5.95 Å². The molecule has 0 spiro atoms. The van der Waals surface area contributed by atoms with Gasteiger partial charge in [0, 0.05) is 37.6 Å². The van der Waals surface area contributed by atoms with Gasteiger partial charge in [0.1, 0.15) is 0 Å². The molecule has 27 heavy (non-hydrogen) atoms. The Bertz CT molecular complexity index is 806. The molecule has 1 unspecified atom stereocenters. The molecule has 0 aromatic carbocycles. The van der Waals surface area contributed by atoms with Gasteiger partial charge in [-0.2, -0.15) is 5.10 Å². The number of aryl methyl sites for hydroxylation is 2. The molecule has 0 radical (unpaired) electrons. The first-order chi connectivity index (χ1) is 13.3. The number of aromatic nitrogens is 4. The average Bonchev–Trinajstić information content (AvgIpc) is 2.72. The van der Waals surface area contributed by atoms with Crippen molar-refractivity contribution in [3.8, 4) is 0 Å². The number of hydrogen-bond donors (Lipinski definition) is 1. The van der Waals surface area contributed by atoms with Crippen LogP contribution < -0.4 is 10.9 Å². The fourth-order valence-corrected chi connectivity index (χ4v) is 4.17. The van der Waals surface area contributed by atoms with E-state index in [0.29, 0.717) is 18.5 Å². The van der Waals surface area contributed by atoms with Gasteiger partial charge < -0.3 is 5.32 Å². The first-order valence-corrected chi connectivity index (χ1v) is 10.1.